The van der Waals surface area contributed by atoms with Crippen LogP contribution in [0.15, 0.2) is 6.07 Å². The van der Waals surface area contributed by atoms with Crippen LogP contribution < -0.4 is 4.74 Å². The summed E-state index contributed by atoms with van der Waals surface area (Å²) in [7, 11) is 0. The molecule has 4 nitrogen and oxygen atoms in total. The fourth-order valence-corrected chi connectivity index (χ4v) is 1.69. The highest BCUT2D eigenvalue weighted by Crippen LogP contribution is 2.31. The van der Waals surface area contributed by atoms with Gasteiger partial charge in [0.15, 0.2) is 0 Å². The van der Waals surface area contributed by atoms with Crippen molar-refractivity contribution >= 4 is 21.9 Å². The molecule has 0 unspecified atom stereocenters. The molecule has 1 N–H and O–H groups in total. The molecule has 0 aliphatic heterocycles. The van der Waals surface area contributed by atoms with E-state index in [4.69, 9.17) is 5.11 Å². The van der Waals surface area contributed by atoms with E-state index < -0.39 is 41.5 Å². The molecule has 0 fully saturated rings. The smallest absolute Gasteiger partial charge is 0.478 e. The highest BCUT2D eigenvalue weighted by molar-refractivity contribution is 9.08. The van der Waals surface area contributed by atoms with Crippen molar-refractivity contribution in [3.8, 4) is 5.88 Å². The number of carboxylic acid groups (broad SMARTS) is 1. The molecule has 0 saturated carbocycles. The molecule has 0 atom stereocenters. The molecule has 1 heterocycles. The maximum absolute atomic E-state index is 12.7. The average Bonchev–Trinajstić information content (AvgIpc) is 2.24. The zero-order chi connectivity index (χ0) is 14.8. The Bertz CT molecular complexity index is 491. The number of aromatic nitrogens is 1. The Kier molecular flexibility index (Phi) is 4.66. The molecule has 1 rings (SSSR count). The molecule has 10 heteroatoms. The number of carbonyl (C=O) groups is 1. The van der Waals surface area contributed by atoms with Gasteiger partial charge in [-0.1, -0.05) is 15.9 Å². The van der Waals surface area contributed by atoms with E-state index in [1.807, 2.05) is 0 Å². The third kappa shape index (κ3) is 4.01. The van der Waals surface area contributed by atoms with Crippen LogP contribution in [0, 0.1) is 0 Å². The number of nitrogens with zero attached hydrogens (tertiary/aromatic N) is 1. The summed E-state index contributed by atoms with van der Waals surface area (Å²) in [5.41, 5.74) is -2.41. The maximum atomic E-state index is 12.7. The van der Waals surface area contributed by atoms with E-state index in [0.29, 0.717) is 0 Å². The standard InChI is InChI=1S/C9H5BrF5NO3/c10-2-4-6(8(17)18)3(7(11)12)1-5(16-4)19-9(13,14)15/h1,7H,2H2,(H,17,18). The van der Waals surface area contributed by atoms with Gasteiger partial charge in [0, 0.05) is 17.0 Å². The van der Waals surface area contributed by atoms with Gasteiger partial charge in [-0.15, -0.1) is 13.2 Å². The van der Waals surface area contributed by atoms with E-state index in [9.17, 15) is 26.7 Å². The number of halogens is 6. The molecule has 0 spiro atoms. The third-order valence-electron chi connectivity index (χ3n) is 1.90. The number of ether oxygens (including phenoxy) is 1. The molecular formula is C9H5BrF5NO3. The van der Waals surface area contributed by atoms with Gasteiger partial charge in [0.1, 0.15) is 0 Å². The van der Waals surface area contributed by atoms with Crippen molar-refractivity contribution < 1.29 is 36.6 Å². The van der Waals surface area contributed by atoms with Gasteiger partial charge in [-0.05, 0) is 0 Å². The summed E-state index contributed by atoms with van der Waals surface area (Å²) < 4.78 is 64.7. The molecule has 106 valence electrons. The Labute approximate surface area is 111 Å². The van der Waals surface area contributed by atoms with E-state index in [2.05, 4.69) is 25.7 Å². The monoisotopic (exact) mass is 349 g/mol. The Balaban J connectivity index is 3.40. The number of rotatable bonds is 4. The number of hydrogen-bond donors (Lipinski definition) is 1. The third-order valence-corrected chi connectivity index (χ3v) is 2.43. The van der Waals surface area contributed by atoms with E-state index in [0.717, 1.165) is 0 Å². The van der Waals surface area contributed by atoms with Crippen LogP contribution in [0.4, 0.5) is 22.0 Å². The quantitative estimate of drug-likeness (QED) is 0.667. The first-order valence-corrected chi connectivity index (χ1v) is 5.64. The van der Waals surface area contributed by atoms with Gasteiger partial charge >= 0.3 is 12.3 Å². The lowest BCUT2D eigenvalue weighted by molar-refractivity contribution is -0.276. The molecule has 0 saturated heterocycles. The first kappa shape index (κ1) is 15.6. The van der Waals surface area contributed by atoms with Gasteiger partial charge in [-0.25, -0.2) is 18.6 Å². The van der Waals surface area contributed by atoms with E-state index in [1.165, 1.54) is 0 Å². The van der Waals surface area contributed by atoms with Crippen LogP contribution in [-0.2, 0) is 5.33 Å². The van der Waals surface area contributed by atoms with Gasteiger partial charge in [0.05, 0.1) is 11.3 Å². The first-order chi connectivity index (χ1) is 8.65. The SMILES string of the molecule is O=C(O)c1c(C(F)F)cc(OC(F)(F)F)nc1CBr. The van der Waals surface area contributed by atoms with E-state index >= 15 is 0 Å². The lowest BCUT2D eigenvalue weighted by Gasteiger charge is -2.13. The number of pyridine rings is 1. The molecule has 19 heavy (non-hydrogen) atoms. The van der Waals surface area contributed by atoms with E-state index in [-0.39, 0.29) is 11.4 Å². The van der Waals surface area contributed by atoms with Crippen LogP contribution in [0.25, 0.3) is 0 Å². The van der Waals surface area contributed by atoms with Crippen LogP contribution in [-0.4, -0.2) is 22.4 Å². The summed E-state index contributed by atoms with van der Waals surface area (Å²) in [5.74, 6) is -2.85. The molecule has 0 bridgehead atoms. The Morgan fingerprint density at radius 3 is 2.42 bits per heavy atom. The van der Waals surface area contributed by atoms with Gasteiger partial charge < -0.3 is 9.84 Å². The Hall–Kier alpha value is -1.45. The van der Waals surface area contributed by atoms with Gasteiger partial charge in [0.2, 0.25) is 5.88 Å². The Morgan fingerprint density at radius 2 is 2.05 bits per heavy atom. The minimum absolute atomic E-state index is 0.258. The highest BCUT2D eigenvalue weighted by Gasteiger charge is 2.33. The minimum Gasteiger partial charge on any atom is -0.478 e. The summed E-state index contributed by atoms with van der Waals surface area (Å²) in [6.45, 7) is 0. The van der Waals surface area contributed by atoms with Crippen LogP contribution in [0.5, 0.6) is 5.88 Å². The van der Waals surface area contributed by atoms with Gasteiger partial charge in [0.25, 0.3) is 6.43 Å². The lowest BCUT2D eigenvalue weighted by Crippen LogP contribution is -2.19. The largest absolute Gasteiger partial charge is 0.574 e. The minimum atomic E-state index is -5.11. The second kappa shape index (κ2) is 5.68. The van der Waals surface area contributed by atoms with Crippen molar-refractivity contribution in [2.45, 2.75) is 18.1 Å². The highest BCUT2D eigenvalue weighted by atomic mass is 79.9. The number of carboxylic acids is 1. The predicted octanol–water partition coefficient (Wildman–Crippen LogP) is 3.51. The summed E-state index contributed by atoms with van der Waals surface area (Å²) in [4.78, 5) is 14.1. The van der Waals surface area contributed by atoms with Crippen molar-refractivity contribution in [3.05, 3.63) is 22.9 Å². The second-order valence-electron chi connectivity index (χ2n) is 3.16. The van der Waals surface area contributed by atoms with Gasteiger partial charge in [-0.2, -0.15) is 0 Å². The van der Waals surface area contributed by atoms with Crippen LogP contribution >= 0.6 is 15.9 Å². The molecule has 0 aliphatic carbocycles. The lowest BCUT2D eigenvalue weighted by atomic mass is 10.1. The molecule has 0 aromatic carbocycles. The Morgan fingerprint density at radius 1 is 1.47 bits per heavy atom. The van der Waals surface area contributed by atoms with Crippen LogP contribution in [0.3, 0.4) is 0 Å². The number of hydrogen-bond acceptors (Lipinski definition) is 3. The zero-order valence-corrected chi connectivity index (χ0v) is 10.4. The normalized spacial score (nSPS) is 11.7. The first-order valence-electron chi connectivity index (χ1n) is 4.52. The zero-order valence-electron chi connectivity index (χ0n) is 8.84. The summed E-state index contributed by atoms with van der Waals surface area (Å²) in [6, 6.07) is 0.258. The van der Waals surface area contributed by atoms with Crippen LogP contribution in [0.2, 0.25) is 0 Å². The fraction of sp³-hybridized carbons (Fsp3) is 0.333. The summed E-state index contributed by atoms with van der Waals surface area (Å²) in [5, 5.41) is 8.48. The number of aromatic carboxylic acids is 1. The van der Waals surface area contributed by atoms with Crippen molar-refractivity contribution in [2.24, 2.45) is 0 Å². The van der Waals surface area contributed by atoms with Crippen molar-refractivity contribution in [1.29, 1.82) is 0 Å². The van der Waals surface area contributed by atoms with Crippen LogP contribution in [0.1, 0.15) is 28.0 Å². The second-order valence-corrected chi connectivity index (χ2v) is 3.72. The topological polar surface area (TPSA) is 59.4 Å². The maximum Gasteiger partial charge on any atom is 0.574 e. The summed E-state index contributed by atoms with van der Waals surface area (Å²) >= 11 is 2.77. The molecule has 0 amide bonds. The molecule has 0 aliphatic rings. The van der Waals surface area contributed by atoms with Gasteiger partial charge in [-0.3, -0.25) is 0 Å². The summed E-state index contributed by atoms with van der Waals surface area (Å²) in [6.07, 6.45) is -8.39. The molecule has 1 aromatic rings. The molecule has 1 aromatic heterocycles. The predicted molar refractivity (Wildman–Crippen MR) is 55.5 cm³/mol. The number of alkyl halides is 6. The average molecular weight is 350 g/mol. The van der Waals surface area contributed by atoms with Crippen molar-refractivity contribution in [3.63, 3.8) is 0 Å². The fourth-order valence-electron chi connectivity index (χ4n) is 1.28. The van der Waals surface area contributed by atoms with Crippen molar-refractivity contribution in [1.82, 2.24) is 4.98 Å². The van der Waals surface area contributed by atoms with Crippen molar-refractivity contribution in [2.75, 3.05) is 0 Å². The molecule has 0 radical (unpaired) electrons. The van der Waals surface area contributed by atoms with E-state index in [1.54, 1.807) is 0 Å². The molecular weight excluding hydrogens is 345 g/mol.